The van der Waals surface area contributed by atoms with Crippen molar-refractivity contribution >= 4 is 11.9 Å². The van der Waals surface area contributed by atoms with Gasteiger partial charge in [0, 0.05) is 6.42 Å². The Hall–Kier alpha value is -1.88. The molecule has 0 amide bonds. The fourth-order valence-corrected chi connectivity index (χ4v) is 1.39. The topological polar surface area (TPSA) is 94.8 Å². The lowest BCUT2D eigenvalue weighted by molar-refractivity contribution is -0.137. The van der Waals surface area contributed by atoms with Gasteiger partial charge in [-0.1, -0.05) is 38.0 Å². The Bertz CT molecular complexity index is 401. The smallest absolute Gasteiger partial charge is 0.336 e. The van der Waals surface area contributed by atoms with Gasteiger partial charge in [-0.2, -0.15) is 0 Å². The Morgan fingerprint density at radius 3 is 2.16 bits per heavy atom. The van der Waals surface area contributed by atoms with Crippen LogP contribution in [0.2, 0.25) is 0 Å². The maximum atomic E-state index is 10.5. The standard InChI is InChI=1S/C8H8O3.C6H12O2/c9-5-6-3-1-2-4-7(6)8(10)11;1-2-3-4-5-6(7)8/h1-4,9H,5H2,(H,10,11);2-5H2,1H3,(H,7,8). The number of aliphatic hydroxyl groups excluding tert-OH is 1. The summed E-state index contributed by atoms with van der Waals surface area (Å²) >= 11 is 0. The molecule has 0 heterocycles. The average molecular weight is 268 g/mol. The largest absolute Gasteiger partial charge is 0.481 e. The van der Waals surface area contributed by atoms with Crippen LogP contribution >= 0.6 is 0 Å². The molecule has 5 heteroatoms. The zero-order valence-electron chi connectivity index (χ0n) is 11.0. The molecule has 0 unspecified atom stereocenters. The second-order valence-electron chi connectivity index (χ2n) is 3.97. The van der Waals surface area contributed by atoms with Crippen molar-refractivity contribution in [3.63, 3.8) is 0 Å². The van der Waals surface area contributed by atoms with Crippen molar-refractivity contribution in [2.75, 3.05) is 0 Å². The number of aromatic carboxylic acids is 1. The predicted octanol–water partition coefficient (Wildman–Crippen LogP) is 2.53. The lowest BCUT2D eigenvalue weighted by Crippen LogP contribution is -2.01. The number of unbranched alkanes of at least 4 members (excludes halogenated alkanes) is 2. The van der Waals surface area contributed by atoms with Gasteiger partial charge in [-0.3, -0.25) is 4.79 Å². The summed E-state index contributed by atoms with van der Waals surface area (Å²) in [5.41, 5.74) is 0.606. The van der Waals surface area contributed by atoms with Crippen molar-refractivity contribution in [2.45, 2.75) is 39.2 Å². The minimum absolute atomic E-state index is 0.162. The summed E-state index contributed by atoms with van der Waals surface area (Å²) in [5.74, 6) is -1.69. The third-order valence-corrected chi connectivity index (χ3v) is 2.41. The van der Waals surface area contributed by atoms with Crippen LogP contribution in [0.1, 0.15) is 48.5 Å². The first-order valence-corrected chi connectivity index (χ1v) is 6.16. The molecular formula is C14H20O5. The molecule has 0 atom stereocenters. The molecule has 19 heavy (non-hydrogen) atoms. The fourth-order valence-electron chi connectivity index (χ4n) is 1.39. The third-order valence-electron chi connectivity index (χ3n) is 2.41. The fraction of sp³-hybridized carbons (Fsp3) is 0.429. The number of carbonyl (C=O) groups is 2. The molecule has 3 N–H and O–H groups in total. The quantitative estimate of drug-likeness (QED) is 0.689. The van der Waals surface area contributed by atoms with Crippen molar-refractivity contribution in [3.8, 4) is 0 Å². The molecule has 1 rings (SSSR count). The summed E-state index contributed by atoms with van der Waals surface area (Å²) in [5, 5.41) is 25.4. The normalized spacial score (nSPS) is 9.37. The minimum Gasteiger partial charge on any atom is -0.481 e. The number of carboxylic acid groups (broad SMARTS) is 2. The van der Waals surface area contributed by atoms with Gasteiger partial charge < -0.3 is 15.3 Å². The van der Waals surface area contributed by atoms with Gasteiger partial charge in [0.2, 0.25) is 0 Å². The number of benzene rings is 1. The van der Waals surface area contributed by atoms with Crippen molar-refractivity contribution < 1.29 is 24.9 Å². The summed E-state index contributed by atoms with van der Waals surface area (Å²) < 4.78 is 0. The Morgan fingerprint density at radius 2 is 1.74 bits per heavy atom. The Balaban J connectivity index is 0.000000362. The highest BCUT2D eigenvalue weighted by atomic mass is 16.4. The molecule has 0 aliphatic carbocycles. The van der Waals surface area contributed by atoms with Crippen LogP contribution in [0.4, 0.5) is 0 Å². The van der Waals surface area contributed by atoms with Crippen LogP contribution in [0.5, 0.6) is 0 Å². The van der Waals surface area contributed by atoms with Gasteiger partial charge in [0.15, 0.2) is 0 Å². The van der Waals surface area contributed by atoms with E-state index in [2.05, 4.69) is 6.92 Å². The van der Waals surface area contributed by atoms with Crippen molar-refractivity contribution in [1.82, 2.24) is 0 Å². The number of hydrogen-bond acceptors (Lipinski definition) is 3. The number of aliphatic hydroxyl groups is 1. The molecule has 5 nitrogen and oxygen atoms in total. The Morgan fingerprint density at radius 1 is 1.11 bits per heavy atom. The molecular weight excluding hydrogens is 248 g/mol. The molecule has 0 bridgehead atoms. The highest BCUT2D eigenvalue weighted by Gasteiger charge is 2.06. The first-order chi connectivity index (χ1) is 9.02. The van der Waals surface area contributed by atoms with Gasteiger partial charge in [-0.25, -0.2) is 4.79 Å². The maximum Gasteiger partial charge on any atom is 0.336 e. The van der Waals surface area contributed by atoms with Crippen molar-refractivity contribution in [1.29, 1.82) is 0 Å². The summed E-state index contributed by atoms with van der Waals surface area (Å²) in [6.45, 7) is 1.82. The molecule has 0 aliphatic rings. The van der Waals surface area contributed by atoms with Crippen LogP contribution < -0.4 is 0 Å². The summed E-state index contributed by atoms with van der Waals surface area (Å²) in [4.78, 5) is 20.3. The third kappa shape index (κ3) is 7.94. The molecule has 0 aliphatic heterocycles. The van der Waals surface area contributed by atoms with Crippen LogP contribution in [0.15, 0.2) is 24.3 Å². The van der Waals surface area contributed by atoms with Crippen LogP contribution in [0.25, 0.3) is 0 Å². The molecule has 1 aromatic rings. The molecule has 0 saturated heterocycles. The lowest BCUT2D eigenvalue weighted by Gasteiger charge is -1.99. The van der Waals surface area contributed by atoms with Gasteiger partial charge in [-0.05, 0) is 18.1 Å². The molecule has 106 valence electrons. The van der Waals surface area contributed by atoms with E-state index in [0.717, 1.165) is 19.3 Å². The summed E-state index contributed by atoms with van der Waals surface area (Å²) in [7, 11) is 0. The van der Waals surface area contributed by atoms with Gasteiger partial charge in [0.05, 0.1) is 12.2 Å². The molecule has 1 aromatic carbocycles. The zero-order chi connectivity index (χ0) is 14.7. The first-order valence-electron chi connectivity index (χ1n) is 6.16. The zero-order valence-corrected chi connectivity index (χ0v) is 11.0. The predicted molar refractivity (Wildman–Crippen MR) is 71.1 cm³/mol. The molecule has 0 aromatic heterocycles. The molecule has 0 radical (unpaired) electrons. The Kier molecular flexibility index (Phi) is 9.08. The second-order valence-corrected chi connectivity index (χ2v) is 3.97. The van der Waals surface area contributed by atoms with E-state index in [1.807, 2.05) is 0 Å². The van der Waals surface area contributed by atoms with E-state index < -0.39 is 11.9 Å². The summed E-state index contributed by atoms with van der Waals surface area (Å²) in [6.07, 6.45) is 3.28. The number of hydrogen-bond donors (Lipinski definition) is 3. The SMILES string of the molecule is CCCCCC(=O)O.O=C(O)c1ccccc1CO. The number of rotatable bonds is 6. The van der Waals surface area contributed by atoms with E-state index in [1.54, 1.807) is 18.2 Å². The van der Waals surface area contributed by atoms with Crippen LogP contribution in [-0.2, 0) is 11.4 Å². The van der Waals surface area contributed by atoms with Crippen LogP contribution in [-0.4, -0.2) is 27.3 Å². The maximum absolute atomic E-state index is 10.5. The van der Waals surface area contributed by atoms with Gasteiger partial charge in [0.1, 0.15) is 0 Å². The first kappa shape index (κ1) is 17.1. The molecule has 0 saturated carbocycles. The highest BCUT2D eigenvalue weighted by Crippen LogP contribution is 2.07. The second kappa shape index (κ2) is 10.1. The van der Waals surface area contributed by atoms with E-state index in [0.29, 0.717) is 12.0 Å². The van der Waals surface area contributed by atoms with Crippen molar-refractivity contribution in [2.24, 2.45) is 0 Å². The van der Waals surface area contributed by atoms with E-state index in [9.17, 15) is 9.59 Å². The molecule has 0 spiro atoms. The Labute approximate surface area is 112 Å². The number of aliphatic carboxylic acids is 1. The number of carboxylic acids is 2. The van der Waals surface area contributed by atoms with Crippen LogP contribution in [0.3, 0.4) is 0 Å². The van der Waals surface area contributed by atoms with Crippen LogP contribution in [0, 0.1) is 0 Å². The van der Waals surface area contributed by atoms with Gasteiger partial charge in [0.25, 0.3) is 0 Å². The van der Waals surface area contributed by atoms with E-state index in [4.69, 9.17) is 15.3 Å². The minimum atomic E-state index is -1.00. The van der Waals surface area contributed by atoms with Gasteiger partial charge in [-0.15, -0.1) is 0 Å². The van der Waals surface area contributed by atoms with E-state index in [1.165, 1.54) is 6.07 Å². The van der Waals surface area contributed by atoms with Crippen molar-refractivity contribution in [3.05, 3.63) is 35.4 Å². The lowest BCUT2D eigenvalue weighted by atomic mass is 10.1. The van der Waals surface area contributed by atoms with E-state index >= 15 is 0 Å². The van der Waals surface area contributed by atoms with E-state index in [-0.39, 0.29) is 12.2 Å². The summed E-state index contributed by atoms with van der Waals surface area (Å²) in [6, 6.07) is 6.37. The monoisotopic (exact) mass is 268 g/mol. The highest BCUT2D eigenvalue weighted by molar-refractivity contribution is 5.89. The average Bonchev–Trinajstić information content (AvgIpc) is 2.39. The van der Waals surface area contributed by atoms with Gasteiger partial charge >= 0.3 is 11.9 Å². The molecule has 0 fully saturated rings.